The minimum atomic E-state index is -0.820. The van der Waals surface area contributed by atoms with Crippen LogP contribution >= 0.6 is 0 Å². The van der Waals surface area contributed by atoms with Crippen LogP contribution in [0, 0.1) is 0 Å². The van der Waals surface area contributed by atoms with Crippen molar-refractivity contribution < 1.29 is 38.2 Å². The lowest BCUT2D eigenvalue weighted by Gasteiger charge is -2.30. The third kappa shape index (κ3) is 4.31. The van der Waals surface area contributed by atoms with Gasteiger partial charge in [-0.25, -0.2) is 0 Å². The lowest BCUT2D eigenvalue weighted by Crippen LogP contribution is -3.14. The summed E-state index contributed by atoms with van der Waals surface area (Å²) in [6.07, 6.45) is 0. The molecule has 0 saturated carbocycles. The molecule has 3 aromatic rings. The number of ketones is 1. The highest BCUT2D eigenvalue weighted by molar-refractivity contribution is 6.16. The fourth-order valence-electron chi connectivity index (χ4n) is 4.86. The zero-order chi connectivity index (χ0) is 25.2. The second-order valence-electron chi connectivity index (χ2n) is 8.85. The van der Waals surface area contributed by atoms with Gasteiger partial charge < -0.3 is 33.5 Å². The van der Waals surface area contributed by atoms with E-state index in [1.54, 1.807) is 55.6 Å². The summed E-state index contributed by atoms with van der Waals surface area (Å²) in [4.78, 5) is 29.7. The minimum Gasteiger partial charge on any atom is -0.868 e. The first kappa shape index (κ1) is 23.9. The second-order valence-corrected chi connectivity index (χ2v) is 8.85. The maximum absolute atomic E-state index is 13.7. The van der Waals surface area contributed by atoms with Crippen LogP contribution in [0.1, 0.15) is 22.2 Å². The number of rotatable bonds is 8. The van der Waals surface area contributed by atoms with E-state index in [1.807, 2.05) is 0 Å². The molecule has 0 radical (unpaired) electrons. The van der Waals surface area contributed by atoms with E-state index in [-0.39, 0.29) is 11.3 Å². The van der Waals surface area contributed by atoms with Crippen molar-refractivity contribution in [3.63, 3.8) is 0 Å². The largest absolute Gasteiger partial charge is 0.868 e. The van der Waals surface area contributed by atoms with Gasteiger partial charge in [-0.2, -0.15) is 0 Å². The zero-order valence-corrected chi connectivity index (χ0v) is 20.2. The van der Waals surface area contributed by atoms with Crippen LogP contribution in [-0.4, -0.2) is 70.2 Å². The first-order valence-electron chi connectivity index (χ1n) is 11.9. The lowest BCUT2D eigenvalue weighted by atomic mass is 9.95. The van der Waals surface area contributed by atoms with Gasteiger partial charge in [0.15, 0.2) is 17.1 Å². The van der Waals surface area contributed by atoms with E-state index >= 15 is 0 Å². The normalized spacial score (nSPS) is 18.8. The van der Waals surface area contributed by atoms with Crippen molar-refractivity contribution in [1.29, 1.82) is 0 Å². The average Bonchev–Trinajstić information content (AvgIpc) is 3.47. The Labute approximate surface area is 208 Å². The maximum Gasteiger partial charge on any atom is 0.240 e. The molecule has 0 spiro atoms. The van der Waals surface area contributed by atoms with Crippen LogP contribution in [0.3, 0.4) is 0 Å². The minimum absolute atomic E-state index is 0.00943. The topological polar surface area (TPSA) is 106 Å². The predicted octanol–water partition coefficient (Wildman–Crippen LogP) is 0.746. The summed E-state index contributed by atoms with van der Waals surface area (Å²) < 4.78 is 21.9. The molecule has 188 valence electrons. The van der Waals surface area contributed by atoms with Crippen molar-refractivity contribution in [2.45, 2.75) is 6.04 Å². The number of morpholine rings is 1. The number of amides is 1. The van der Waals surface area contributed by atoms with Gasteiger partial charge >= 0.3 is 0 Å². The molecule has 3 heterocycles. The molecule has 1 fully saturated rings. The van der Waals surface area contributed by atoms with Gasteiger partial charge in [0, 0.05) is 11.0 Å². The highest BCUT2D eigenvalue weighted by Crippen LogP contribution is 2.39. The van der Waals surface area contributed by atoms with Crippen molar-refractivity contribution in [1.82, 2.24) is 4.90 Å². The number of Topliss-reactive ketones (excluding diaryl/α,β-unsaturated/α-hetero) is 1. The van der Waals surface area contributed by atoms with E-state index in [4.69, 9.17) is 18.6 Å². The number of nitrogens with one attached hydrogen (secondary N) is 1. The Morgan fingerprint density at radius 1 is 1.11 bits per heavy atom. The summed E-state index contributed by atoms with van der Waals surface area (Å²) in [6, 6.07) is 13.1. The number of quaternary nitrogens is 1. The SMILES string of the molecule is COc1ccc(C2C(C(=O)c3cc4cccc(OC)c4o3)=C([O-])C(=O)N2CC[NH+]2CCOCC2)cc1. The lowest BCUT2D eigenvalue weighted by molar-refractivity contribution is -0.907. The van der Waals surface area contributed by atoms with Crippen molar-refractivity contribution in [3.05, 3.63) is 71.2 Å². The molecule has 9 nitrogen and oxygen atoms in total. The number of fused-ring (bicyclic) bond motifs is 1. The Morgan fingerprint density at radius 3 is 2.56 bits per heavy atom. The van der Waals surface area contributed by atoms with E-state index in [2.05, 4.69) is 0 Å². The molecule has 0 aliphatic carbocycles. The first-order valence-corrected chi connectivity index (χ1v) is 11.9. The van der Waals surface area contributed by atoms with Crippen LogP contribution in [0.25, 0.3) is 11.0 Å². The maximum atomic E-state index is 13.7. The van der Waals surface area contributed by atoms with E-state index in [0.717, 1.165) is 13.1 Å². The molecule has 5 rings (SSSR count). The van der Waals surface area contributed by atoms with Crippen molar-refractivity contribution in [2.75, 3.05) is 53.6 Å². The molecule has 1 atom stereocenters. The molecule has 0 bridgehead atoms. The fourth-order valence-corrected chi connectivity index (χ4v) is 4.86. The van der Waals surface area contributed by atoms with Crippen LogP contribution in [0.4, 0.5) is 0 Å². The predicted molar refractivity (Wildman–Crippen MR) is 128 cm³/mol. The number of methoxy groups -OCH3 is 2. The Hall–Kier alpha value is -3.82. The summed E-state index contributed by atoms with van der Waals surface area (Å²) in [5.41, 5.74) is 0.957. The summed E-state index contributed by atoms with van der Waals surface area (Å²) in [7, 11) is 3.08. The smallest absolute Gasteiger partial charge is 0.240 e. The van der Waals surface area contributed by atoms with Crippen molar-refractivity contribution in [3.8, 4) is 11.5 Å². The number of ether oxygens (including phenoxy) is 3. The monoisotopic (exact) mass is 492 g/mol. The van der Waals surface area contributed by atoms with Crippen LogP contribution in [0.15, 0.2) is 64.3 Å². The molecule has 1 aromatic heterocycles. The molecule has 1 saturated heterocycles. The number of hydrogen-bond donors (Lipinski definition) is 1. The highest BCUT2D eigenvalue weighted by atomic mass is 16.5. The quantitative estimate of drug-likeness (QED) is 0.463. The molecule has 2 aliphatic rings. The molecule has 36 heavy (non-hydrogen) atoms. The van der Waals surface area contributed by atoms with Gasteiger partial charge in [-0.1, -0.05) is 24.3 Å². The fraction of sp³-hybridized carbons (Fsp3) is 0.333. The molecule has 2 aliphatic heterocycles. The Kier molecular flexibility index (Phi) is 6.67. The summed E-state index contributed by atoms with van der Waals surface area (Å²) in [6.45, 7) is 3.98. The van der Waals surface area contributed by atoms with E-state index in [1.165, 1.54) is 16.9 Å². The van der Waals surface area contributed by atoms with Gasteiger partial charge in [0.25, 0.3) is 0 Å². The number of furan rings is 1. The molecular weight excluding hydrogens is 464 g/mol. The van der Waals surface area contributed by atoms with Crippen molar-refractivity contribution >= 4 is 22.7 Å². The van der Waals surface area contributed by atoms with E-state index in [0.29, 0.717) is 54.3 Å². The molecule has 1 N–H and O–H groups in total. The molecule has 2 aromatic carbocycles. The number of carbonyl (C=O) groups excluding carboxylic acids is 2. The Bertz CT molecular complexity index is 1310. The summed E-state index contributed by atoms with van der Waals surface area (Å²) >= 11 is 0. The van der Waals surface area contributed by atoms with Crippen LogP contribution in [0.5, 0.6) is 11.5 Å². The second kappa shape index (κ2) is 10.0. The number of hydrogen-bond acceptors (Lipinski definition) is 7. The van der Waals surface area contributed by atoms with Gasteiger partial charge in [0.2, 0.25) is 11.7 Å². The van der Waals surface area contributed by atoms with Gasteiger partial charge in [-0.05, 0) is 35.6 Å². The van der Waals surface area contributed by atoms with Gasteiger partial charge in [0.1, 0.15) is 18.8 Å². The van der Waals surface area contributed by atoms with Crippen LogP contribution < -0.4 is 19.5 Å². The van der Waals surface area contributed by atoms with Gasteiger partial charge in [0.05, 0.1) is 46.6 Å². The molecule has 1 unspecified atom stereocenters. The highest BCUT2D eigenvalue weighted by Gasteiger charge is 2.41. The van der Waals surface area contributed by atoms with Crippen molar-refractivity contribution in [2.24, 2.45) is 0 Å². The standard InChI is InChI=1S/C27H28N2O7/c1-33-19-8-6-17(7-9-19)23-22(24(30)21-16-18-4-3-5-20(34-2)26(18)36-21)25(31)27(32)29(23)11-10-28-12-14-35-15-13-28/h3-9,16,23,31H,10-15H2,1-2H3. The third-order valence-electron chi connectivity index (χ3n) is 6.82. The summed E-state index contributed by atoms with van der Waals surface area (Å²) in [5.74, 6) is -0.979. The summed E-state index contributed by atoms with van der Waals surface area (Å²) in [5, 5.41) is 13.9. The Balaban J connectivity index is 1.51. The molecule has 1 amide bonds. The number of para-hydroxylation sites is 1. The number of carbonyl (C=O) groups is 2. The molecule has 9 heteroatoms. The van der Waals surface area contributed by atoms with Crippen LogP contribution in [-0.2, 0) is 9.53 Å². The number of nitrogens with zero attached hydrogens (tertiary/aromatic N) is 1. The Morgan fingerprint density at radius 2 is 1.86 bits per heavy atom. The first-order chi connectivity index (χ1) is 17.5. The van der Waals surface area contributed by atoms with Gasteiger partial charge in [-0.15, -0.1) is 0 Å². The van der Waals surface area contributed by atoms with Crippen LogP contribution in [0.2, 0.25) is 0 Å². The van der Waals surface area contributed by atoms with E-state index in [9.17, 15) is 14.7 Å². The zero-order valence-electron chi connectivity index (χ0n) is 20.2. The number of benzene rings is 2. The average molecular weight is 493 g/mol. The molecular formula is C27H28N2O7. The third-order valence-corrected chi connectivity index (χ3v) is 6.82. The van der Waals surface area contributed by atoms with Gasteiger partial charge in [-0.3, -0.25) is 9.59 Å². The van der Waals surface area contributed by atoms with E-state index < -0.39 is 23.5 Å².